The summed E-state index contributed by atoms with van der Waals surface area (Å²) >= 11 is 6.28. The van der Waals surface area contributed by atoms with E-state index < -0.39 is 0 Å². The van der Waals surface area contributed by atoms with Gasteiger partial charge in [-0.2, -0.15) is 0 Å². The maximum atomic E-state index is 6.28. The minimum Gasteiger partial charge on any atom is -0.381 e. The number of methoxy groups -OCH3 is 1. The molecule has 0 spiro atoms. The second kappa shape index (κ2) is 6.41. The summed E-state index contributed by atoms with van der Waals surface area (Å²) in [6, 6.07) is 6.29. The molecule has 0 amide bonds. The van der Waals surface area contributed by atoms with Crippen molar-refractivity contribution in [1.82, 2.24) is 0 Å². The maximum Gasteiger partial charge on any atom is 0.0605 e. The Kier molecular flexibility index (Phi) is 4.87. The summed E-state index contributed by atoms with van der Waals surface area (Å²) in [6.45, 7) is 2.70. The van der Waals surface area contributed by atoms with Crippen LogP contribution < -0.4 is 10.6 Å². The van der Waals surface area contributed by atoms with E-state index in [0.717, 1.165) is 42.9 Å². The predicted molar refractivity (Wildman–Crippen MR) is 76.5 cm³/mol. The normalized spacial score (nSPS) is 17.2. The molecule has 1 fully saturated rings. The van der Waals surface area contributed by atoms with E-state index in [1.54, 1.807) is 7.11 Å². The van der Waals surface area contributed by atoms with Gasteiger partial charge in [-0.3, -0.25) is 0 Å². The molecule has 18 heavy (non-hydrogen) atoms. The van der Waals surface area contributed by atoms with Gasteiger partial charge >= 0.3 is 0 Å². The molecule has 3 nitrogen and oxygen atoms in total. The molecule has 0 radical (unpaired) electrons. The standard InChI is InChI=1S/C14H21ClN2O/c1-18-13-5-8-17(9-6-13)12-3-2-11(4-7-16)14(15)10-12/h2-3,10,13H,4-9,16H2,1H3. The molecule has 0 unspecified atom stereocenters. The summed E-state index contributed by atoms with van der Waals surface area (Å²) in [5.74, 6) is 0. The average Bonchev–Trinajstić information content (AvgIpc) is 2.41. The lowest BCUT2D eigenvalue weighted by Crippen LogP contribution is -2.36. The number of ether oxygens (including phenoxy) is 1. The maximum absolute atomic E-state index is 6.28. The third kappa shape index (κ3) is 3.16. The highest BCUT2D eigenvalue weighted by Gasteiger charge is 2.19. The molecule has 1 aromatic carbocycles. The summed E-state index contributed by atoms with van der Waals surface area (Å²) < 4.78 is 5.38. The van der Waals surface area contributed by atoms with E-state index in [9.17, 15) is 0 Å². The summed E-state index contributed by atoms with van der Waals surface area (Å²) in [4.78, 5) is 2.37. The van der Waals surface area contributed by atoms with Crippen LogP contribution in [0.1, 0.15) is 18.4 Å². The van der Waals surface area contributed by atoms with Crippen LogP contribution in [0.2, 0.25) is 5.02 Å². The first-order valence-corrected chi connectivity index (χ1v) is 6.88. The highest BCUT2D eigenvalue weighted by atomic mass is 35.5. The third-order valence-electron chi connectivity index (χ3n) is 3.59. The van der Waals surface area contributed by atoms with Gasteiger partial charge < -0.3 is 15.4 Å². The van der Waals surface area contributed by atoms with Gasteiger partial charge in [-0.25, -0.2) is 0 Å². The lowest BCUT2D eigenvalue weighted by molar-refractivity contribution is 0.0819. The van der Waals surface area contributed by atoms with E-state index in [-0.39, 0.29) is 0 Å². The SMILES string of the molecule is COC1CCN(c2ccc(CCN)c(Cl)c2)CC1. The van der Waals surface area contributed by atoms with Gasteiger partial charge in [-0.15, -0.1) is 0 Å². The van der Waals surface area contributed by atoms with Crippen molar-refractivity contribution in [1.29, 1.82) is 0 Å². The Hall–Kier alpha value is -0.770. The summed E-state index contributed by atoms with van der Waals surface area (Å²) in [5, 5.41) is 0.826. The number of hydrogen-bond donors (Lipinski definition) is 1. The predicted octanol–water partition coefficient (Wildman–Crippen LogP) is 2.46. The Bertz CT molecular complexity index is 389. The van der Waals surface area contributed by atoms with Crippen molar-refractivity contribution in [2.24, 2.45) is 5.73 Å². The van der Waals surface area contributed by atoms with Gasteiger partial charge in [-0.1, -0.05) is 17.7 Å². The zero-order valence-corrected chi connectivity index (χ0v) is 11.6. The molecular weight excluding hydrogens is 248 g/mol. The topological polar surface area (TPSA) is 38.5 Å². The van der Waals surface area contributed by atoms with Crippen molar-refractivity contribution in [3.63, 3.8) is 0 Å². The second-order valence-corrected chi connectivity index (χ2v) is 5.14. The fourth-order valence-corrected chi connectivity index (χ4v) is 2.71. The van der Waals surface area contributed by atoms with Crippen LogP contribution >= 0.6 is 11.6 Å². The minimum atomic E-state index is 0.410. The van der Waals surface area contributed by atoms with Gasteiger partial charge in [0.1, 0.15) is 0 Å². The van der Waals surface area contributed by atoms with Crippen LogP contribution in [0.5, 0.6) is 0 Å². The van der Waals surface area contributed by atoms with Gasteiger partial charge in [0, 0.05) is 30.9 Å². The quantitative estimate of drug-likeness (QED) is 0.912. The molecule has 1 saturated heterocycles. The first-order chi connectivity index (χ1) is 8.74. The first kappa shape index (κ1) is 13.7. The molecule has 1 aromatic rings. The van der Waals surface area contributed by atoms with E-state index in [2.05, 4.69) is 23.1 Å². The Labute approximate surface area is 114 Å². The zero-order chi connectivity index (χ0) is 13.0. The monoisotopic (exact) mass is 268 g/mol. The average molecular weight is 269 g/mol. The van der Waals surface area contributed by atoms with Crippen molar-refractivity contribution in [3.05, 3.63) is 28.8 Å². The van der Waals surface area contributed by atoms with E-state index in [1.165, 1.54) is 5.69 Å². The number of nitrogens with two attached hydrogens (primary N) is 1. The largest absolute Gasteiger partial charge is 0.381 e. The van der Waals surface area contributed by atoms with Crippen molar-refractivity contribution in [2.45, 2.75) is 25.4 Å². The third-order valence-corrected chi connectivity index (χ3v) is 3.94. The molecule has 4 heteroatoms. The Morgan fingerprint density at radius 3 is 2.67 bits per heavy atom. The fraction of sp³-hybridized carbons (Fsp3) is 0.571. The zero-order valence-electron chi connectivity index (χ0n) is 10.9. The van der Waals surface area contributed by atoms with Gasteiger partial charge in [0.05, 0.1) is 6.10 Å². The van der Waals surface area contributed by atoms with Gasteiger partial charge in [0.2, 0.25) is 0 Å². The fourth-order valence-electron chi connectivity index (χ4n) is 2.44. The number of piperidine rings is 1. The molecule has 0 atom stereocenters. The van der Waals surface area contributed by atoms with Crippen molar-refractivity contribution in [2.75, 3.05) is 31.6 Å². The summed E-state index contributed by atoms with van der Waals surface area (Å²) in [7, 11) is 1.79. The van der Waals surface area contributed by atoms with Crippen LogP contribution in [-0.2, 0) is 11.2 Å². The second-order valence-electron chi connectivity index (χ2n) is 4.74. The highest BCUT2D eigenvalue weighted by molar-refractivity contribution is 6.31. The number of rotatable bonds is 4. The molecule has 0 saturated carbocycles. The van der Waals surface area contributed by atoms with Crippen molar-refractivity contribution < 1.29 is 4.74 Å². The molecule has 1 aliphatic heterocycles. The Morgan fingerprint density at radius 2 is 2.11 bits per heavy atom. The van der Waals surface area contributed by atoms with E-state index in [0.29, 0.717) is 12.6 Å². The molecule has 0 aromatic heterocycles. The van der Waals surface area contributed by atoms with Crippen LogP contribution in [-0.4, -0.2) is 32.8 Å². The highest BCUT2D eigenvalue weighted by Crippen LogP contribution is 2.26. The molecule has 2 rings (SSSR count). The van der Waals surface area contributed by atoms with Crippen LogP contribution in [0, 0.1) is 0 Å². The smallest absolute Gasteiger partial charge is 0.0605 e. The van der Waals surface area contributed by atoms with Crippen molar-refractivity contribution in [3.8, 4) is 0 Å². The molecular formula is C14H21ClN2O. The number of anilines is 1. The number of nitrogens with zero attached hydrogens (tertiary/aromatic N) is 1. The Balaban J connectivity index is 2.03. The lowest BCUT2D eigenvalue weighted by Gasteiger charge is -2.33. The van der Waals surface area contributed by atoms with E-state index in [4.69, 9.17) is 22.1 Å². The minimum absolute atomic E-state index is 0.410. The van der Waals surface area contributed by atoms with Crippen molar-refractivity contribution >= 4 is 17.3 Å². The van der Waals surface area contributed by atoms with Crippen LogP contribution in [0.3, 0.4) is 0 Å². The number of hydrogen-bond acceptors (Lipinski definition) is 3. The summed E-state index contributed by atoms with van der Waals surface area (Å²) in [6.07, 6.45) is 3.41. The van der Waals surface area contributed by atoms with E-state index >= 15 is 0 Å². The van der Waals surface area contributed by atoms with E-state index in [1.807, 2.05) is 0 Å². The number of halogens is 1. The summed E-state index contributed by atoms with van der Waals surface area (Å²) in [5.41, 5.74) is 7.90. The van der Waals surface area contributed by atoms with Crippen LogP contribution in [0.25, 0.3) is 0 Å². The van der Waals surface area contributed by atoms with Gasteiger partial charge in [-0.05, 0) is 43.5 Å². The molecule has 100 valence electrons. The molecule has 1 aliphatic rings. The lowest BCUT2D eigenvalue weighted by atomic mass is 10.1. The van der Waals surface area contributed by atoms with Gasteiger partial charge in [0.25, 0.3) is 0 Å². The molecule has 0 bridgehead atoms. The molecule has 1 heterocycles. The van der Waals surface area contributed by atoms with Crippen LogP contribution in [0.15, 0.2) is 18.2 Å². The van der Waals surface area contributed by atoms with Crippen LogP contribution in [0.4, 0.5) is 5.69 Å². The van der Waals surface area contributed by atoms with Gasteiger partial charge in [0.15, 0.2) is 0 Å². The number of benzene rings is 1. The Morgan fingerprint density at radius 1 is 1.39 bits per heavy atom. The molecule has 2 N–H and O–H groups in total. The molecule has 0 aliphatic carbocycles. The first-order valence-electron chi connectivity index (χ1n) is 6.51.